The number of rotatable bonds is 25. The Bertz CT molecular complexity index is 1300. The lowest BCUT2D eigenvalue weighted by atomic mass is 9.47. The van der Waals surface area contributed by atoms with Crippen LogP contribution in [0, 0.1) is 53.3 Å². The fraction of sp³-hybridized carbons (Fsp3) is 0.865. The first-order chi connectivity index (χ1) is 26.5. The number of allylic oxidation sites excluding steroid dienone is 1. The summed E-state index contributed by atoms with van der Waals surface area (Å²) >= 11 is 0. The average Bonchev–Trinajstić information content (AvgIpc) is 3.70. The van der Waals surface area contributed by atoms with E-state index in [1.54, 1.807) is 5.57 Å². The fourth-order valence-electron chi connectivity index (χ4n) is 12.8. The van der Waals surface area contributed by atoms with Gasteiger partial charge in [0.2, 0.25) is 0 Å². The number of esters is 1. The molecule has 0 aliphatic heterocycles. The van der Waals surface area contributed by atoms with Crippen LogP contribution >= 0.6 is 0 Å². The van der Waals surface area contributed by atoms with Gasteiger partial charge >= 0.3 is 5.97 Å². The number of hydrogen-bond acceptors (Lipinski definition) is 3. The zero-order valence-corrected chi connectivity index (χ0v) is 37.4. The van der Waals surface area contributed by atoms with Crippen LogP contribution in [0.3, 0.4) is 0 Å². The highest BCUT2D eigenvalue weighted by atomic mass is 16.5. The van der Waals surface area contributed by atoms with Crippen LogP contribution in [0.15, 0.2) is 22.1 Å². The maximum absolute atomic E-state index is 12.9. The lowest BCUT2D eigenvalue weighted by Gasteiger charge is -2.58. The van der Waals surface area contributed by atoms with Crippen molar-refractivity contribution in [2.75, 3.05) is 0 Å². The average molecular weight is 761 g/mol. The molecular weight excluding hydrogens is 673 g/mol. The number of ether oxygens (including phenoxy) is 1. The highest BCUT2D eigenvalue weighted by molar-refractivity contribution is 5.69. The van der Waals surface area contributed by atoms with Crippen molar-refractivity contribution in [3.63, 3.8) is 0 Å². The number of fused-ring (bicyclic) bond motifs is 5. The monoisotopic (exact) mass is 761 g/mol. The van der Waals surface area contributed by atoms with Gasteiger partial charge in [0, 0.05) is 25.7 Å². The smallest absolute Gasteiger partial charge is 0.306 e. The molecule has 3 saturated carbocycles. The summed E-state index contributed by atoms with van der Waals surface area (Å²) in [6, 6.07) is 2.27. The van der Waals surface area contributed by atoms with Gasteiger partial charge in [0.1, 0.15) is 17.6 Å². The molecule has 5 rings (SSSR count). The topological polar surface area (TPSA) is 39.4 Å². The van der Waals surface area contributed by atoms with E-state index in [0.717, 1.165) is 67.6 Å². The summed E-state index contributed by atoms with van der Waals surface area (Å²) in [5.41, 5.74) is 3.87. The van der Waals surface area contributed by atoms with Gasteiger partial charge in [-0.3, -0.25) is 4.79 Å². The summed E-state index contributed by atoms with van der Waals surface area (Å²) in [7, 11) is 0. The zero-order chi connectivity index (χ0) is 39.3. The summed E-state index contributed by atoms with van der Waals surface area (Å²) in [5.74, 6) is 7.72. The summed E-state index contributed by atoms with van der Waals surface area (Å²) in [6.45, 7) is 17.1. The fourth-order valence-corrected chi connectivity index (χ4v) is 12.8. The molecule has 55 heavy (non-hydrogen) atoms. The van der Waals surface area contributed by atoms with Crippen molar-refractivity contribution in [1.82, 2.24) is 0 Å². The molecule has 3 heteroatoms. The van der Waals surface area contributed by atoms with Gasteiger partial charge < -0.3 is 9.15 Å². The molecule has 0 amide bonds. The lowest BCUT2D eigenvalue weighted by molar-refractivity contribution is -0.151. The van der Waals surface area contributed by atoms with E-state index < -0.39 is 0 Å². The Morgan fingerprint density at radius 2 is 1.45 bits per heavy atom. The lowest BCUT2D eigenvalue weighted by Crippen LogP contribution is -2.51. The Labute approximate surface area is 340 Å². The molecule has 0 spiro atoms. The Hall–Kier alpha value is -1.51. The van der Waals surface area contributed by atoms with Gasteiger partial charge in [-0.2, -0.15) is 0 Å². The molecule has 4 aliphatic rings. The van der Waals surface area contributed by atoms with E-state index in [1.807, 2.05) is 0 Å². The number of carbonyl (C=O) groups excluding carboxylic acids is 1. The Morgan fingerprint density at radius 1 is 0.782 bits per heavy atom. The molecule has 8 unspecified atom stereocenters. The summed E-state index contributed by atoms with van der Waals surface area (Å²) in [6.07, 6.45) is 39.4. The molecule has 1 heterocycles. The normalized spacial score (nSPS) is 29.5. The number of unbranched alkanes of at least 4 members (excludes halogenated alkanes) is 13. The predicted octanol–water partition coefficient (Wildman–Crippen LogP) is 15.9. The molecule has 3 nitrogen and oxygen atoms in total. The molecule has 3 fully saturated rings. The summed E-state index contributed by atoms with van der Waals surface area (Å²) in [5, 5.41) is 0. The zero-order valence-electron chi connectivity index (χ0n) is 37.4. The van der Waals surface area contributed by atoms with Crippen LogP contribution in [-0.2, 0) is 22.4 Å². The van der Waals surface area contributed by atoms with Crippen molar-refractivity contribution in [2.24, 2.45) is 46.3 Å². The van der Waals surface area contributed by atoms with E-state index in [4.69, 9.17) is 9.15 Å². The van der Waals surface area contributed by atoms with E-state index in [9.17, 15) is 4.79 Å². The third-order valence-electron chi connectivity index (χ3n) is 16.2. The van der Waals surface area contributed by atoms with Crippen molar-refractivity contribution in [2.45, 2.75) is 241 Å². The highest BCUT2D eigenvalue weighted by Crippen LogP contribution is 2.67. The van der Waals surface area contributed by atoms with E-state index in [0.29, 0.717) is 17.3 Å². The Kier molecular flexibility index (Phi) is 17.9. The molecule has 4 aliphatic carbocycles. The molecule has 0 radical (unpaired) electrons. The minimum Gasteiger partial charge on any atom is -0.466 e. The van der Waals surface area contributed by atoms with Crippen LogP contribution in [0.5, 0.6) is 0 Å². The first kappa shape index (κ1) is 44.6. The van der Waals surface area contributed by atoms with E-state index in [2.05, 4.69) is 60.6 Å². The largest absolute Gasteiger partial charge is 0.466 e. The maximum Gasteiger partial charge on any atom is 0.306 e. The van der Waals surface area contributed by atoms with Crippen molar-refractivity contribution in [3.8, 4) is 0 Å². The van der Waals surface area contributed by atoms with Crippen LogP contribution in [-0.4, -0.2) is 12.1 Å². The molecule has 8 atom stereocenters. The van der Waals surface area contributed by atoms with Gasteiger partial charge in [-0.25, -0.2) is 0 Å². The molecule has 1 aromatic heterocycles. The molecule has 1 aromatic rings. The highest BCUT2D eigenvalue weighted by Gasteiger charge is 2.59. The van der Waals surface area contributed by atoms with Crippen LogP contribution < -0.4 is 0 Å². The second kappa shape index (κ2) is 22.0. The molecular formula is C52H88O3. The van der Waals surface area contributed by atoms with Crippen molar-refractivity contribution >= 4 is 5.97 Å². The number of furan rings is 1. The van der Waals surface area contributed by atoms with Crippen LogP contribution in [0.2, 0.25) is 0 Å². The first-order valence-electron chi connectivity index (χ1n) is 24.5. The molecule has 0 aromatic carbocycles. The Morgan fingerprint density at radius 3 is 2.15 bits per heavy atom. The van der Waals surface area contributed by atoms with Gasteiger partial charge in [0.05, 0.1) is 0 Å². The van der Waals surface area contributed by atoms with Crippen LogP contribution in [0.4, 0.5) is 0 Å². The van der Waals surface area contributed by atoms with Gasteiger partial charge in [-0.1, -0.05) is 150 Å². The molecule has 0 saturated heterocycles. The van der Waals surface area contributed by atoms with Crippen LogP contribution in [0.25, 0.3) is 0 Å². The summed E-state index contributed by atoms with van der Waals surface area (Å²) < 4.78 is 12.3. The summed E-state index contributed by atoms with van der Waals surface area (Å²) in [4.78, 5) is 12.9. The number of hydrogen-bond donors (Lipinski definition) is 0. The van der Waals surface area contributed by atoms with E-state index in [1.165, 1.54) is 165 Å². The van der Waals surface area contributed by atoms with Crippen molar-refractivity contribution < 1.29 is 13.9 Å². The third-order valence-corrected chi connectivity index (χ3v) is 16.2. The molecule has 0 N–H and O–H groups in total. The first-order valence-corrected chi connectivity index (χ1v) is 24.5. The van der Waals surface area contributed by atoms with Gasteiger partial charge in [0.25, 0.3) is 0 Å². The minimum absolute atomic E-state index is 0.0577. The molecule has 314 valence electrons. The number of aryl methyl sites for hydroxylation is 3. The molecule has 0 bridgehead atoms. The standard InChI is InChI=1S/C52H88O3/c1-8-9-20-26-43-37-41(5)49(54-43)27-21-18-16-14-12-10-11-13-15-17-19-22-28-50(53)55-44-33-35-51(6)42(38-44)29-30-45-47-32-31-46(40(4)25-23-24-39(2)3)52(47,7)36-34-48(45)51/h29,37,39-40,44-48H,8-28,30-36,38H2,1-7H3. The quantitative estimate of drug-likeness (QED) is 0.0566. The van der Waals surface area contributed by atoms with Gasteiger partial charge in [-0.15, -0.1) is 0 Å². The maximum atomic E-state index is 12.9. The number of carbonyl (C=O) groups is 1. The Balaban J connectivity index is 0.887. The minimum atomic E-state index is 0.0577. The SMILES string of the molecule is CCCCCc1cc(C)c(CCCCCCCCCCCCCCC(=O)OC2CCC3(C)C(=CCC4C3CCC3(C)C(C(C)CCCC(C)C)CCC43)C2)o1. The second-order valence-corrected chi connectivity index (χ2v) is 20.7. The van der Waals surface area contributed by atoms with Crippen LogP contribution in [0.1, 0.15) is 232 Å². The van der Waals surface area contributed by atoms with E-state index >= 15 is 0 Å². The van der Waals surface area contributed by atoms with E-state index in [-0.39, 0.29) is 12.1 Å². The van der Waals surface area contributed by atoms with Gasteiger partial charge in [-0.05, 0) is 129 Å². The third kappa shape index (κ3) is 12.3. The van der Waals surface area contributed by atoms with Gasteiger partial charge in [0.15, 0.2) is 0 Å². The predicted molar refractivity (Wildman–Crippen MR) is 233 cm³/mol. The van der Waals surface area contributed by atoms with Crippen molar-refractivity contribution in [1.29, 1.82) is 0 Å². The second-order valence-electron chi connectivity index (χ2n) is 20.7. The van der Waals surface area contributed by atoms with Crippen molar-refractivity contribution in [3.05, 3.63) is 34.8 Å².